The van der Waals surface area contributed by atoms with Gasteiger partial charge < -0.3 is 5.32 Å². The lowest BCUT2D eigenvalue weighted by atomic mass is 10.1. The number of thiazole rings is 1. The van der Waals surface area contributed by atoms with Crippen LogP contribution in [-0.2, 0) is 6.18 Å². The zero-order chi connectivity index (χ0) is 15.5. The van der Waals surface area contributed by atoms with Crippen molar-refractivity contribution in [3.05, 3.63) is 49.5 Å². The number of aromatic nitrogens is 1. The summed E-state index contributed by atoms with van der Waals surface area (Å²) in [6.07, 6.45) is -2.16. The van der Waals surface area contributed by atoms with Crippen molar-refractivity contribution in [1.29, 1.82) is 0 Å². The van der Waals surface area contributed by atoms with Crippen LogP contribution in [0.2, 0.25) is 0 Å². The highest BCUT2D eigenvalue weighted by molar-refractivity contribution is 14.1. The van der Waals surface area contributed by atoms with Crippen molar-refractivity contribution in [2.75, 3.05) is 6.54 Å². The molecule has 2 nitrogen and oxygen atoms in total. The van der Waals surface area contributed by atoms with Gasteiger partial charge in [-0.25, -0.2) is 4.98 Å². The molecule has 0 fully saturated rings. The van der Waals surface area contributed by atoms with Gasteiger partial charge in [-0.15, -0.1) is 11.3 Å². The summed E-state index contributed by atoms with van der Waals surface area (Å²) in [6.45, 7) is 2.75. The van der Waals surface area contributed by atoms with Crippen LogP contribution in [0, 0.1) is 3.57 Å². The second-order valence-electron chi connectivity index (χ2n) is 4.51. The fourth-order valence-electron chi connectivity index (χ4n) is 1.91. The van der Waals surface area contributed by atoms with Crippen LogP contribution in [0.15, 0.2) is 30.5 Å². The van der Waals surface area contributed by atoms with Gasteiger partial charge in [0.15, 0.2) is 5.01 Å². The second-order valence-corrected chi connectivity index (χ2v) is 6.82. The number of halogens is 4. The molecule has 7 heteroatoms. The first-order valence-electron chi connectivity index (χ1n) is 6.43. The number of nitrogens with zero attached hydrogens (tertiary/aromatic N) is 1. The van der Waals surface area contributed by atoms with Crippen LogP contribution in [0.25, 0.3) is 0 Å². The average molecular weight is 426 g/mol. The maximum Gasteiger partial charge on any atom is 0.443 e. The molecule has 0 aliphatic carbocycles. The van der Waals surface area contributed by atoms with E-state index in [1.54, 1.807) is 0 Å². The van der Waals surface area contributed by atoms with Crippen LogP contribution in [0.1, 0.15) is 34.8 Å². The summed E-state index contributed by atoms with van der Waals surface area (Å²) in [4.78, 5) is 4.10. The van der Waals surface area contributed by atoms with E-state index in [1.807, 2.05) is 31.2 Å². The minimum atomic E-state index is -4.39. The topological polar surface area (TPSA) is 24.9 Å². The van der Waals surface area contributed by atoms with E-state index in [0.29, 0.717) is 16.2 Å². The van der Waals surface area contributed by atoms with Crippen LogP contribution in [0.5, 0.6) is 0 Å². The second kappa shape index (κ2) is 7.06. The summed E-state index contributed by atoms with van der Waals surface area (Å²) in [6, 6.07) is 7.50. The maximum atomic E-state index is 12.7. The van der Waals surface area contributed by atoms with Crippen LogP contribution in [0.3, 0.4) is 0 Å². The number of hydrogen-bond acceptors (Lipinski definition) is 3. The number of nitrogens with one attached hydrogen (secondary N) is 1. The number of rotatable bonds is 5. The molecule has 1 aromatic heterocycles. The van der Waals surface area contributed by atoms with Crippen molar-refractivity contribution >= 4 is 33.9 Å². The molecular weight excluding hydrogens is 412 g/mol. The van der Waals surface area contributed by atoms with Gasteiger partial charge in [-0.2, -0.15) is 13.2 Å². The number of benzene rings is 1. The monoisotopic (exact) mass is 426 g/mol. The van der Waals surface area contributed by atoms with Gasteiger partial charge in [0.25, 0.3) is 0 Å². The van der Waals surface area contributed by atoms with E-state index in [0.717, 1.165) is 22.1 Å². The molecule has 1 N–H and O–H groups in total. The lowest BCUT2D eigenvalue weighted by molar-refractivity contribution is -0.137. The zero-order valence-electron chi connectivity index (χ0n) is 11.2. The zero-order valence-corrected chi connectivity index (χ0v) is 14.2. The van der Waals surface area contributed by atoms with Crippen molar-refractivity contribution in [3.63, 3.8) is 0 Å². The quantitative estimate of drug-likeness (QED) is 0.692. The predicted octanol–water partition coefficient (Wildman–Crippen LogP) is 4.86. The fourth-order valence-corrected chi connectivity index (χ4v) is 3.36. The van der Waals surface area contributed by atoms with Gasteiger partial charge in [0, 0.05) is 14.6 Å². The fraction of sp³-hybridized carbons (Fsp3) is 0.357. The van der Waals surface area contributed by atoms with Crippen LogP contribution >= 0.6 is 33.9 Å². The number of alkyl halides is 3. The van der Waals surface area contributed by atoms with Crippen molar-refractivity contribution in [3.8, 4) is 0 Å². The molecule has 21 heavy (non-hydrogen) atoms. The third-order valence-corrected chi connectivity index (χ3v) is 4.61. The summed E-state index contributed by atoms with van der Waals surface area (Å²) >= 11 is 2.89. The van der Waals surface area contributed by atoms with E-state index in [-0.39, 0.29) is 6.04 Å². The highest BCUT2D eigenvalue weighted by Gasteiger charge is 2.35. The van der Waals surface area contributed by atoms with Crippen LogP contribution in [-0.4, -0.2) is 11.5 Å². The maximum absolute atomic E-state index is 12.7. The SMILES string of the molecule is CCCNC(c1cccc(I)c1)c1cnc(C(F)(F)F)s1. The Morgan fingerprint density at radius 3 is 2.71 bits per heavy atom. The lowest BCUT2D eigenvalue weighted by Crippen LogP contribution is -2.22. The Labute approximate surface area is 138 Å². The first kappa shape index (κ1) is 16.7. The molecule has 1 atom stereocenters. The summed E-state index contributed by atoms with van der Waals surface area (Å²) in [5.74, 6) is 0. The highest BCUT2D eigenvalue weighted by Crippen LogP contribution is 2.36. The molecule has 1 unspecified atom stereocenters. The standard InChI is InChI=1S/C14H14F3IN2S/c1-2-6-19-12(9-4-3-5-10(18)7-9)11-8-20-13(21-11)14(15,16)17/h3-5,7-8,12,19H,2,6H2,1H3. The third kappa shape index (κ3) is 4.40. The van der Waals surface area contributed by atoms with Crippen molar-refractivity contribution < 1.29 is 13.2 Å². The molecule has 114 valence electrons. The molecule has 2 aromatic rings. The molecule has 1 aromatic carbocycles. The largest absolute Gasteiger partial charge is 0.443 e. The molecule has 0 radical (unpaired) electrons. The average Bonchev–Trinajstić information content (AvgIpc) is 2.89. The Bertz CT molecular complexity index is 598. The van der Waals surface area contributed by atoms with Gasteiger partial charge in [-0.05, 0) is 53.3 Å². The summed E-state index contributed by atoms with van der Waals surface area (Å²) in [5, 5.41) is 2.49. The molecule has 0 saturated carbocycles. The normalized spacial score (nSPS) is 13.4. The minimum Gasteiger partial charge on any atom is -0.306 e. The van der Waals surface area contributed by atoms with Gasteiger partial charge in [-0.3, -0.25) is 0 Å². The van der Waals surface area contributed by atoms with Gasteiger partial charge in [0.2, 0.25) is 0 Å². The van der Waals surface area contributed by atoms with Crippen LogP contribution in [0.4, 0.5) is 13.2 Å². The first-order chi connectivity index (χ1) is 9.91. The summed E-state index contributed by atoms with van der Waals surface area (Å²) in [5.41, 5.74) is 0.952. The Hall–Kier alpha value is -0.670. The van der Waals surface area contributed by atoms with Crippen molar-refractivity contribution in [2.45, 2.75) is 25.6 Å². The van der Waals surface area contributed by atoms with Gasteiger partial charge in [0.1, 0.15) is 0 Å². The van der Waals surface area contributed by atoms with Gasteiger partial charge in [0.05, 0.1) is 6.04 Å². The van der Waals surface area contributed by atoms with E-state index in [1.165, 1.54) is 6.20 Å². The predicted molar refractivity (Wildman–Crippen MR) is 86.4 cm³/mol. The van der Waals surface area contributed by atoms with E-state index in [4.69, 9.17) is 0 Å². The van der Waals surface area contributed by atoms with Gasteiger partial charge in [-0.1, -0.05) is 19.1 Å². The van der Waals surface area contributed by atoms with E-state index in [2.05, 4.69) is 32.9 Å². The summed E-state index contributed by atoms with van der Waals surface area (Å²) in [7, 11) is 0. The molecule has 0 spiro atoms. The number of hydrogen-bond donors (Lipinski definition) is 1. The Kier molecular flexibility index (Phi) is 5.61. The Balaban J connectivity index is 2.34. The molecule has 2 rings (SSSR count). The Morgan fingerprint density at radius 1 is 1.38 bits per heavy atom. The van der Waals surface area contributed by atoms with Crippen LogP contribution < -0.4 is 5.32 Å². The third-order valence-electron chi connectivity index (χ3n) is 2.83. The van der Waals surface area contributed by atoms with E-state index < -0.39 is 11.2 Å². The molecule has 0 aliphatic heterocycles. The van der Waals surface area contributed by atoms with E-state index >= 15 is 0 Å². The minimum absolute atomic E-state index is 0.256. The highest BCUT2D eigenvalue weighted by atomic mass is 127. The van der Waals surface area contributed by atoms with Gasteiger partial charge >= 0.3 is 6.18 Å². The van der Waals surface area contributed by atoms with E-state index in [9.17, 15) is 13.2 Å². The molecule has 0 saturated heterocycles. The smallest absolute Gasteiger partial charge is 0.306 e. The van der Waals surface area contributed by atoms with Crippen molar-refractivity contribution in [1.82, 2.24) is 10.3 Å². The molecule has 0 aliphatic rings. The summed E-state index contributed by atoms with van der Waals surface area (Å²) < 4.78 is 39.2. The Morgan fingerprint density at radius 2 is 2.14 bits per heavy atom. The molecule has 1 heterocycles. The lowest BCUT2D eigenvalue weighted by Gasteiger charge is -2.17. The molecular formula is C14H14F3IN2S. The first-order valence-corrected chi connectivity index (χ1v) is 8.33. The molecule has 0 amide bonds. The van der Waals surface area contributed by atoms with Crippen molar-refractivity contribution in [2.24, 2.45) is 0 Å². The molecule has 0 bridgehead atoms.